The zero-order valence-corrected chi connectivity index (χ0v) is 10.4. The highest BCUT2D eigenvalue weighted by molar-refractivity contribution is 5.84. The number of hydrogen-bond acceptors (Lipinski definition) is 3. The second kappa shape index (κ2) is 4.24. The lowest BCUT2D eigenvalue weighted by atomic mass is 10.2. The van der Waals surface area contributed by atoms with Crippen LogP contribution in [0, 0.1) is 6.92 Å². The monoisotopic (exact) mass is 252 g/mol. The van der Waals surface area contributed by atoms with Crippen molar-refractivity contribution in [2.75, 3.05) is 0 Å². The van der Waals surface area contributed by atoms with Gasteiger partial charge in [0, 0.05) is 6.20 Å². The number of aromatic hydroxyl groups is 1. The van der Waals surface area contributed by atoms with E-state index in [2.05, 4.69) is 4.98 Å². The topological polar surface area (TPSA) is 55.1 Å². The molecule has 3 rings (SSSR count). The standard InChI is InChI=1S/C15H12N2O2/c1-10-13(18)12-8-5-9-16-14(12)17(15(10)19)11-6-3-2-4-7-11/h2-9,18H,1H3. The van der Waals surface area contributed by atoms with Crippen molar-refractivity contribution < 1.29 is 5.11 Å². The van der Waals surface area contributed by atoms with Crippen LogP contribution in [0.3, 0.4) is 0 Å². The average molecular weight is 252 g/mol. The van der Waals surface area contributed by atoms with E-state index in [9.17, 15) is 9.90 Å². The molecule has 0 saturated heterocycles. The molecule has 0 aliphatic heterocycles. The Kier molecular flexibility index (Phi) is 2.56. The maximum absolute atomic E-state index is 12.4. The van der Waals surface area contributed by atoms with E-state index in [4.69, 9.17) is 0 Å². The molecule has 0 radical (unpaired) electrons. The fraction of sp³-hybridized carbons (Fsp3) is 0.0667. The van der Waals surface area contributed by atoms with E-state index in [0.29, 0.717) is 16.6 Å². The molecule has 0 aliphatic rings. The van der Waals surface area contributed by atoms with Crippen LogP contribution < -0.4 is 5.56 Å². The first-order valence-corrected chi connectivity index (χ1v) is 5.95. The van der Waals surface area contributed by atoms with Crippen molar-refractivity contribution in [3.8, 4) is 11.4 Å². The van der Waals surface area contributed by atoms with Crippen molar-refractivity contribution in [3.63, 3.8) is 0 Å². The molecule has 1 aromatic carbocycles. The summed E-state index contributed by atoms with van der Waals surface area (Å²) in [7, 11) is 0. The largest absolute Gasteiger partial charge is 0.507 e. The van der Waals surface area contributed by atoms with Gasteiger partial charge in [-0.25, -0.2) is 4.98 Å². The highest BCUT2D eigenvalue weighted by atomic mass is 16.3. The van der Waals surface area contributed by atoms with Crippen molar-refractivity contribution in [2.45, 2.75) is 6.92 Å². The third-order valence-electron chi connectivity index (χ3n) is 3.15. The minimum atomic E-state index is -0.255. The van der Waals surface area contributed by atoms with Gasteiger partial charge >= 0.3 is 0 Å². The summed E-state index contributed by atoms with van der Waals surface area (Å²) < 4.78 is 1.52. The Bertz CT molecular complexity index is 807. The SMILES string of the molecule is Cc1c(O)c2cccnc2n(-c2ccccc2)c1=O. The first-order chi connectivity index (χ1) is 9.20. The molecule has 2 heterocycles. The number of aromatic nitrogens is 2. The third-order valence-corrected chi connectivity index (χ3v) is 3.15. The predicted octanol–water partition coefficient (Wildman–Crippen LogP) is 2.40. The summed E-state index contributed by atoms with van der Waals surface area (Å²) in [5.74, 6) is 0.000260. The summed E-state index contributed by atoms with van der Waals surface area (Å²) in [4.78, 5) is 16.6. The van der Waals surface area contributed by atoms with Crippen molar-refractivity contribution in [2.24, 2.45) is 0 Å². The van der Waals surface area contributed by atoms with E-state index in [-0.39, 0.29) is 11.3 Å². The molecule has 3 aromatic rings. The summed E-state index contributed by atoms with van der Waals surface area (Å²) in [6.07, 6.45) is 1.61. The van der Waals surface area contributed by atoms with Gasteiger partial charge in [-0.2, -0.15) is 0 Å². The van der Waals surface area contributed by atoms with Crippen LogP contribution in [0.5, 0.6) is 5.75 Å². The lowest BCUT2D eigenvalue weighted by molar-refractivity contribution is 0.475. The summed E-state index contributed by atoms with van der Waals surface area (Å²) in [5.41, 5.74) is 1.26. The van der Waals surface area contributed by atoms with Gasteiger partial charge in [-0.15, -0.1) is 0 Å². The van der Waals surface area contributed by atoms with Gasteiger partial charge in [0.15, 0.2) is 5.65 Å². The zero-order chi connectivity index (χ0) is 13.4. The molecule has 4 heteroatoms. The number of benzene rings is 1. The van der Waals surface area contributed by atoms with Crippen LogP contribution in [0.1, 0.15) is 5.56 Å². The van der Waals surface area contributed by atoms with Gasteiger partial charge in [-0.05, 0) is 31.2 Å². The zero-order valence-electron chi connectivity index (χ0n) is 10.4. The second-order valence-electron chi connectivity index (χ2n) is 4.32. The molecule has 4 nitrogen and oxygen atoms in total. The van der Waals surface area contributed by atoms with Crippen LogP contribution >= 0.6 is 0 Å². The Morgan fingerprint density at radius 2 is 1.84 bits per heavy atom. The lowest BCUT2D eigenvalue weighted by Gasteiger charge is -2.12. The maximum atomic E-state index is 12.4. The summed E-state index contributed by atoms with van der Waals surface area (Å²) >= 11 is 0. The second-order valence-corrected chi connectivity index (χ2v) is 4.32. The molecule has 0 atom stereocenters. The first-order valence-electron chi connectivity index (χ1n) is 5.95. The van der Waals surface area contributed by atoms with Crippen LogP contribution in [-0.4, -0.2) is 14.7 Å². The van der Waals surface area contributed by atoms with Gasteiger partial charge < -0.3 is 5.11 Å². The fourth-order valence-electron chi connectivity index (χ4n) is 2.14. The minimum Gasteiger partial charge on any atom is -0.507 e. The highest BCUT2D eigenvalue weighted by Crippen LogP contribution is 2.25. The molecule has 0 bridgehead atoms. The van der Waals surface area contributed by atoms with Crippen molar-refractivity contribution in [1.82, 2.24) is 9.55 Å². The maximum Gasteiger partial charge on any atom is 0.263 e. The smallest absolute Gasteiger partial charge is 0.263 e. The molecule has 1 N–H and O–H groups in total. The normalized spacial score (nSPS) is 10.8. The molecule has 0 amide bonds. The molecule has 19 heavy (non-hydrogen) atoms. The Morgan fingerprint density at radius 1 is 1.11 bits per heavy atom. The minimum absolute atomic E-state index is 0.000260. The molecule has 0 aliphatic carbocycles. The van der Waals surface area contributed by atoms with Gasteiger partial charge in [-0.1, -0.05) is 18.2 Å². The van der Waals surface area contributed by atoms with Gasteiger partial charge in [0.2, 0.25) is 0 Å². The van der Waals surface area contributed by atoms with Crippen molar-refractivity contribution in [1.29, 1.82) is 0 Å². The van der Waals surface area contributed by atoms with E-state index in [1.807, 2.05) is 30.3 Å². The number of fused-ring (bicyclic) bond motifs is 1. The number of nitrogens with zero attached hydrogens (tertiary/aromatic N) is 2. The summed E-state index contributed by atoms with van der Waals surface area (Å²) in [6.45, 7) is 1.61. The van der Waals surface area contributed by atoms with Crippen LogP contribution in [0.15, 0.2) is 53.5 Å². The number of para-hydroxylation sites is 1. The average Bonchev–Trinajstić information content (AvgIpc) is 2.46. The quantitative estimate of drug-likeness (QED) is 0.723. The number of pyridine rings is 2. The van der Waals surface area contributed by atoms with Crippen LogP contribution in [0.4, 0.5) is 0 Å². The summed E-state index contributed by atoms with van der Waals surface area (Å²) in [6, 6.07) is 12.8. The van der Waals surface area contributed by atoms with Crippen LogP contribution in [-0.2, 0) is 0 Å². The molecule has 0 saturated carbocycles. The molecule has 0 spiro atoms. The van der Waals surface area contributed by atoms with Crippen molar-refractivity contribution >= 4 is 11.0 Å². The lowest BCUT2D eigenvalue weighted by Crippen LogP contribution is -2.21. The molecular formula is C15H12N2O2. The van der Waals surface area contributed by atoms with Gasteiger partial charge in [0.05, 0.1) is 16.6 Å². The van der Waals surface area contributed by atoms with E-state index in [0.717, 1.165) is 5.69 Å². The van der Waals surface area contributed by atoms with Gasteiger partial charge in [0.25, 0.3) is 5.56 Å². The molecule has 2 aromatic heterocycles. The summed E-state index contributed by atoms with van der Waals surface area (Å²) in [5, 5.41) is 10.6. The van der Waals surface area contributed by atoms with Crippen LogP contribution in [0.25, 0.3) is 16.7 Å². The van der Waals surface area contributed by atoms with Crippen LogP contribution in [0.2, 0.25) is 0 Å². The molecular weight excluding hydrogens is 240 g/mol. The van der Waals surface area contributed by atoms with E-state index in [1.54, 1.807) is 25.3 Å². The van der Waals surface area contributed by atoms with E-state index in [1.165, 1.54) is 4.57 Å². The highest BCUT2D eigenvalue weighted by Gasteiger charge is 2.14. The molecule has 94 valence electrons. The first kappa shape index (κ1) is 11.5. The fourth-order valence-corrected chi connectivity index (χ4v) is 2.14. The Labute approximate surface area is 109 Å². The third kappa shape index (κ3) is 1.69. The van der Waals surface area contributed by atoms with Crippen molar-refractivity contribution in [3.05, 3.63) is 64.6 Å². The number of hydrogen-bond donors (Lipinski definition) is 1. The molecule has 0 unspecified atom stereocenters. The molecule has 0 fully saturated rings. The van der Waals surface area contributed by atoms with Gasteiger partial charge in [0.1, 0.15) is 5.75 Å². The van der Waals surface area contributed by atoms with Gasteiger partial charge in [-0.3, -0.25) is 9.36 Å². The predicted molar refractivity (Wildman–Crippen MR) is 73.7 cm³/mol. The Morgan fingerprint density at radius 3 is 2.58 bits per heavy atom. The number of rotatable bonds is 1. The van der Waals surface area contributed by atoms with E-state index < -0.39 is 0 Å². The van der Waals surface area contributed by atoms with E-state index >= 15 is 0 Å². The Balaban J connectivity index is 2.52. The Hall–Kier alpha value is -2.62.